The van der Waals surface area contributed by atoms with Crippen molar-refractivity contribution >= 4 is 5.91 Å². The van der Waals surface area contributed by atoms with E-state index in [0.29, 0.717) is 0 Å². The molecule has 1 unspecified atom stereocenters. The topological polar surface area (TPSA) is 29.5 Å². The number of benzene rings is 2. The Balaban J connectivity index is 1.86. The van der Waals surface area contributed by atoms with Gasteiger partial charge in [0.2, 0.25) is 0 Å². The Morgan fingerprint density at radius 1 is 1.13 bits per heavy atom. The molecule has 23 heavy (non-hydrogen) atoms. The maximum Gasteiger partial charge on any atom is 0.254 e. The molecular weight excluding hydrogens is 286 g/mol. The van der Waals surface area contributed by atoms with Crippen LogP contribution in [0.5, 0.6) is 5.75 Å². The molecule has 1 atom stereocenters. The summed E-state index contributed by atoms with van der Waals surface area (Å²) in [7, 11) is 1.67. The van der Waals surface area contributed by atoms with Gasteiger partial charge >= 0.3 is 0 Å². The van der Waals surface area contributed by atoms with Gasteiger partial charge in [0.05, 0.1) is 13.2 Å². The fraction of sp³-hybridized carbons (Fsp3) is 0.350. The van der Waals surface area contributed by atoms with Gasteiger partial charge in [-0.25, -0.2) is 0 Å². The molecule has 120 valence electrons. The number of likely N-dealkylation sites (tertiary alicyclic amines) is 1. The summed E-state index contributed by atoms with van der Waals surface area (Å²) in [6.45, 7) is 4.89. The number of rotatable bonds is 3. The zero-order valence-corrected chi connectivity index (χ0v) is 14.0. The number of ether oxygens (including phenoxy) is 1. The van der Waals surface area contributed by atoms with Gasteiger partial charge in [0, 0.05) is 12.1 Å². The smallest absolute Gasteiger partial charge is 0.254 e. The highest BCUT2D eigenvalue weighted by molar-refractivity contribution is 5.96. The monoisotopic (exact) mass is 309 g/mol. The number of aryl methyl sites for hydroxylation is 2. The fourth-order valence-electron chi connectivity index (χ4n) is 3.39. The molecule has 0 saturated carbocycles. The molecule has 1 amide bonds. The maximum absolute atomic E-state index is 13.0. The molecule has 3 heteroatoms. The number of carbonyl (C=O) groups is 1. The van der Waals surface area contributed by atoms with Crippen LogP contribution in [-0.2, 0) is 0 Å². The number of carbonyl (C=O) groups excluding carboxylic acids is 1. The minimum absolute atomic E-state index is 0.140. The van der Waals surface area contributed by atoms with Crippen molar-refractivity contribution in [2.45, 2.75) is 32.7 Å². The van der Waals surface area contributed by atoms with Crippen LogP contribution in [0.15, 0.2) is 42.5 Å². The SMILES string of the molecule is COc1ccc(C2CCCN2C(=O)c2ccc(C)cc2C)cc1. The van der Waals surface area contributed by atoms with Crippen molar-refractivity contribution in [1.82, 2.24) is 4.90 Å². The van der Waals surface area contributed by atoms with Crippen LogP contribution >= 0.6 is 0 Å². The van der Waals surface area contributed by atoms with Crippen LogP contribution in [0.25, 0.3) is 0 Å². The van der Waals surface area contributed by atoms with E-state index in [0.717, 1.165) is 36.3 Å². The predicted molar refractivity (Wildman–Crippen MR) is 91.9 cm³/mol. The average molecular weight is 309 g/mol. The summed E-state index contributed by atoms with van der Waals surface area (Å²) in [6.07, 6.45) is 2.07. The first-order valence-electron chi connectivity index (χ1n) is 8.12. The molecular formula is C20H23NO2. The molecule has 0 spiro atoms. The second-order valence-corrected chi connectivity index (χ2v) is 6.25. The number of hydrogen-bond donors (Lipinski definition) is 0. The van der Waals surface area contributed by atoms with Gasteiger partial charge in [-0.2, -0.15) is 0 Å². The van der Waals surface area contributed by atoms with Crippen LogP contribution in [0.4, 0.5) is 0 Å². The third-order valence-electron chi connectivity index (χ3n) is 4.63. The lowest BCUT2D eigenvalue weighted by Crippen LogP contribution is -2.31. The Morgan fingerprint density at radius 3 is 2.52 bits per heavy atom. The largest absolute Gasteiger partial charge is 0.497 e. The molecule has 1 saturated heterocycles. The Bertz CT molecular complexity index is 706. The predicted octanol–water partition coefficient (Wildman–Crippen LogP) is 4.29. The zero-order chi connectivity index (χ0) is 16.4. The zero-order valence-electron chi connectivity index (χ0n) is 14.0. The summed E-state index contributed by atoms with van der Waals surface area (Å²) in [5.74, 6) is 0.986. The van der Waals surface area contributed by atoms with E-state index in [2.05, 4.69) is 25.1 Å². The van der Waals surface area contributed by atoms with E-state index in [1.54, 1.807) is 7.11 Å². The maximum atomic E-state index is 13.0. The lowest BCUT2D eigenvalue weighted by Gasteiger charge is -2.26. The van der Waals surface area contributed by atoms with Gasteiger partial charge in [-0.05, 0) is 56.0 Å². The van der Waals surface area contributed by atoms with E-state index in [1.807, 2.05) is 36.1 Å². The first-order chi connectivity index (χ1) is 11.1. The van der Waals surface area contributed by atoms with E-state index in [4.69, 9.17) is 4.74 Å². The van der Waals surface area contributed by atoms with E-state index < -0.39 is 0 Å². The van der Waals surface area contributed by atoms with E-state index in [9.17, 15) is 4.79 Å². The van der Waals surface area contributed by atoms with Crippen LogP contribution in [0.3, 0.4) is 0 Å². The van der Waals surface area contributed by atoms with Crippen LogP contribution < -0.4 is 4.74 Å². The molecule has 3 rings (SSSR count). The van der Waals surface area contributed by atoms with Crippen molar-refractivity contribution < 1.29 is 9.53 Å². The first kappa shape index (κ1) is 15.6. The summed E-state index contributed by atoms with van der Waals surface area (Å²) < 4.78 is 5.22. The Kier molecular flexibility index (Phi) is 4.37. The van der Waals surface area contributed by atoms with Gasteiger partial charge in [0.25, 0.3) is 5.91 Å². The van der Waals surface area contributed by atoms with Crippen LogP contribution in [0, 0.1) is 13.8 Å². The number of hydrogen-bond acceptors (Lipinski definition) is 2. The Labute approximate surface area is 137 Å². The minimum Gasteiger partial charge on any atom is -0.497 e. The minimum atomic E-state index is 0.140. The van der Waals surface area contributed by atoms with E-state index >= 15 is 0 Å². The van der Waals surface area contributed by atoms with Crippen molar-refractivity contribution in [2.24, 2.45) is 0 Å². The fourth-order valence-corrected chi connectivity index (χ4v) is 3.39. The standard InChI is InChI=1S/C20H23NO2/c1-14-6-11-18(15(2)13-14)20(22)21-12-4-5-19(21)16-7-9-17(23-3)10-8-16/h6-11,13,19H,4-5,12H2,1-3H3. The van der Waals surface area contributed by atoms with Crippen LogP contribution in [-0.4, -0.2) is 24.5 Å². The molecule has 0 N–H and O–H groups in total. The van der Waals surface area contributed by atoms with Gasteiger partial charge in [-0.1, -0.05) is 29.8 Å². The van der Waals surface area contributed by atoms with Crippen molar-refractivity contribution in [2.75, 3.05) is 13.7 Å². The van der Waals surface area contributed by atoms with Gasteiger partial charge in [-0.15, -0.1) is 0 Å². The van der Waals surface area contributed by atoms with E-state index in [-0.39, 0.29) is 11.9 Å². The highest BCUT2D eigenvalue weighted by atomic mass is 16.5. The molecule has 0 aromatic heterocycles. The molecule has 0 radical (unpaired) electrons. The lowest BCUT2D eigenvalue weighted by atomic mass is 10.0. The van der Waals surface area contributed by atoms with Crippen molar-refractivity contribution in [3.63, 3.8) is 0 Å². The molecule has 1 aliphatic heterocycles. The molecule has 0 bridgehead atoms. The summed E-state index contributed by atoms with van der Waals surface area (Å²) in [4.78, 5) is 15.0. The van der Waals surface area contributed by atoms with Gasteiger partial charge in [0.1, 0.15) is 5.75 Å². The van der Waals surface area contributed by atoms with Crippen molar-refractivity contribution in [3.05, 3.63) is 64.7 Å². The second kappa shape index (κ2) is 6.45. The third-order valence-corrected chi connectivity index (χ3v) is 4.63. The normalized spacial score (nSPS) is 17.3. The van der Waals surface area contributed by atoms with Crippen molar-refractivity contribution in [3.8, 4) is 5.75 Å². The molecule has 2 aromatic rings. The quantitative estimate of drug-likeness (QED) is 0.846. The summed E-state index contributed by atoms with van der Waals surface area (Å²) in [5, 5.41) is 0. The molecule has 3 nitrogen and oxygen atoms in total. The Hall–Kier alpha value is -2.29. The number of nitrogens with zero attached hydrogens (tertiary/aromatic N) is 1. The first-order valence-corrected chi connectivity index (χ1v) is 8.12. The highest BCUT2D eigenvalue weighted by Crippen LogP contribution is 2.34. The Morgan fingerprint density at radius 2 is 1.87 bits per heavy atom. The molecule has 1 heterocycles. The third kappa shape index (κ3) is 3.09. The number of methoxy groups -OCH3 is 1. The van der Waals surface area contributed by atoms with Gasteiger partial charge in [-0.3, -0.25) is 4.79 Å². The van der Waals surface area contributed by atoms with Crippen LogP contribution in [0.1, 0.15) is 45.9 Å². The lowest BCUT2D eigenvalue weighted by molar-refractivity contribution is 0.0735. The summed E-state index contributed by atoms with van der Waals surface area (Å²) >= 11 is 0. The molecule has 2 aromatic carbocycles. The average Bonchev–Trinajstić information content (AvgIpc) is 3.04. The number of amides is 1. The molecule has 1 aliphatic rings. The van der Waals surface area contributed by atoms with Crippen molar-refractivity contribution in [1.29, 1.82) is 0 Å². The highest BCUT2D eigenvalue weighted by Gasteiger charge is 2.31. The second-order valence-electron chi connectivity index (χ2n) is 6.25. The molecule has 1 fully saturated rings. The van der Waals surface area contributed by atoms with Crippen LogP contribution in [0.2, 0.25) is 0 Å². The summed E-state index contributed by atoms with van der Waals surface area (Å²) in [6, 6.07) is 14.3. The van der Waals surface area contributed by atoms with E-state index in [1.165, 1.54) is 11.1 Å². The van der Waals surface area contributed by atoms with Gasteiger partial charge < -0.3 is 9.64 Å². The van der Waals surface area contributed by atoms with Gasteiger partial charge in [0.15, 0.2) is 0 Å². The molecule has 0 aliphatic carbocycles. The summed E-state index contributed by atoms with van der Waals surface area (Å²) in [5.41, 5.74) is 4.24.